The molecule has 150 valence electrons. The van der Waals surface area contributed by atoms with E-state index in [1.165, 1.54) is 12.1 Å². The number of halogens is 1. The molecule has 0 radical (unpaired) electrons. The molecule has 8 heteroatoms. The van der Waals surface area contributed by atoms with Gasteiger partial charge in [0.05, 0.1) is 10.1 Å². The maximum atomic E-state index is 12.8. The van der Waals surface area contributed by atoms with E-state index in [1.54, 1.807) is 42.5 Å². The van der Waals surface area contributed by atoms with Gasteiger partial charge >= 0.3 is 0 Å². The molecule has 4 rings (SSSR count). The van der Waals surface area contributed by atoms with E-state index in [2.05, 4.69) is 10.5 Å². The number of sulfone groups is 1. The van der Waals surface area contributed by atoms with Crippen molar-refractivity contribution in [1.82, 2.24) is 5.16 Å². The smallest absolute Gasteiger partial charge is 0.277 e. The molecule has 0 unspecified atom stereocenters. The molecule has 2 aromatic carbocycles. The third-order valence-electron chi connectivity index (χ3n) is 5.01. The van der Waals surface area contributed by atoms with Crippen molar-refractivity contribution in [2.75, 3.05) is 5.32 Å². The van der Waals surface area contributed by atoms with Gasteiger partial charge in [0.1, 0.15) is 0 Å². The summed E-state index contributed by atoms with van der Waals surface area (Å²) in [5.74, 6) is -0.0762. The molecule has 0 aliphatic heterocycles. The Morgan fingerprint density at radius 1 is 1.07 bits per heavy atom. The molecule has 1 aliphatic carbocycles. The second-order valence-corrected chi connectivity index (χ2v) is 9.68. The maximum Gasteiger partial charge on any atom is 0.277 e. The quantitative estimate of drug-likeness (QED) is 0.617. The molecule has 3 aromatic rings. The molecule has 1 aromatic heterocycles. The molecular formula is C21H19ClN2O4S. The van der Waals surface area contributed by atoms with Gasteiger partial charge in [0.25, 0.3) is 5.91 Å². The van der Waals surface area contributed by atoms with E-state index in [9.17, 15) is 13.2 Å². The van der Waals surface area contributed by atoms with Crippen molar-refractivity contribution < 1.29 is 17.7 Å². The van der Waals surface area contributed by atoms with Gasteiger partial charge in [-0.3, -0.25) is 4.79 Å². The Morgan fingerprint density at radius 3 is 2.59 bits per heavy atom. The number of aromatic nitrogens is 1. The van der Waals surface area contributed by atoms with Crippen molar-refractivity contribution in [3.8, 4) is 11.3 Å². The summed E-state index contributed by atoms with van der Waals surface area (Å²) in [4.78, 5) is 12.8. The van der Waals surface area contributed by atoms with Gasteiger partial charge in [-0.2, -0.15) is 0 Å². The fourth-order valence-electron chi connectivity index (χ4n) is 3.50. The molecule has 0 bridgehead atoms. The minimum Gasteiger partial charge on any atom is -0.355 e. The summed E-state index contributed by atoms with van der Waals surface area (Å²) in [6.45, 7) is 0. The first-order chi connectivity index (χ1) is 13.9. The lowest BCUT2D eigenvalue weighted by Gasteiger charge is -2.12. The molecule has 1 heterocycles. The fourth-order valence-corrected chi connectivity index (χ4v) is 5.59. The zero-order chi connectivity index (χ0) is 20.4. The summed E-state index contributed by atoms with van der Waals surface area (Å²) in [6, 6.07) is 14.9. The number of carbonyl (C=O) groups is 1. The Kier molecular flexibility index (Phi) is 5.43. The average molecular weight is 431 g/mol. The van der Waals surface area contributed by atoms with E-state index in [0.717, 1.165) is 12.8 Å². The second kappa shape index (κ2) is 8.00. The van der Waals surface area contributed by atoms with Crippen molar-refractivity contribution in [3.05, 3.63) is 65.3 Å². The van der Waals surface area contributed by atoms with Crippen LogP contribution in [0.15, 0.2) is 64.0 Å². The van der Waals surface area contributed by atoms with Gasteiger partial charge in [-0.25, -0.2) is 8.42 Å². The monoisotopic (exact) mass is 430 g/mol. The van der Waals surface area contributed by atoms with Crippen LogP contribution in [-0.2, 0) is 9.84 Å². The van der Waals surface area contributed by atoms with Gasteiger partial charge in [0.2, 0.25) is 0 Å². The number of hydrogen-bond donors (Lipinski definition) is 1. The lowest BCUT2D eigenvalue weighted by Crippen LogP contribution is -2.18. The Bertz CT molecular complexity index is 1150. The van der Waals surface area contributed by atoms with E-state index < -0.39 is 15.7 Å². The molecular weight excluding hydrogens is 412 g/mol. The number of hydrogen-bond acceptors (Lipinski definition) is 5. The van der Waals surface area contributed by atoms with E-state index in [4.69, 9.17) is 16.1 Å². The van der Waals surface area contributed by atoms with Crippen LogP contribution in [0.3, 0.4) is 0 Å². The van der Waals surface area contributed by atoms with Gasteiger partial charge in [-0.1, -0.05) is 47.8 Å². The van der Waals surface area contributed by atoms with Crippen LogP contribution in [0.1, 0.15) is 36.2 Å². The Balaban J connectivity index is 1.52. The first-order valence-corrected chi connectivity index (χ1v) is 11.2. The average Bonchev–Trinajstić information content (AvgIpc) is 3.41. The van der Waals surface area contributed by atoms with Gasteiger partial charge in [-0.05, 0) is 43.2 Å². The summed E-state index contributed by atoms with van der Waals surface area (Å²) in [6.07, 6.45) is 3.23. The molecule has 0 atom stereocenters. The molecule has 1 N–H and O–H groups in total. The maximum absolute atomic E-state index is 12.8. The van der Waals surface area contributed by atoms with Crippen molar-refractivity contribution in [3.63, 3.8) is 0 Å². The van der Waals surface area contributed by atoms with Crippen LogP contribution in [0, 0.1) is 0 Å². The first kappa shape index (κ1) is 19.7. The number of benzene rings is 2. The highest BCUT2D eigenvalue weighted by molar-refractivity contribution is 7.92. The number of amides is 1. The van der Waals surface area contributed by atoms with E-state index >= 15 is 0 Å². The highest BCUT2D eigenvalue weighted by Crippen LogP contribution is 2.30. The minimum atomic E-state index is -3.40. The van der Waals surface area contributed by atoms with Gasteiger partial charge in [-0.15, -0.1) is 0 Å². The number of nitrogens with one attached hydrogen (secondary N) is 1. The highest BCUT2D eigenvalue weighted by Gasteiger charge is 2.30. The number of anilines is 1. The molecule has 29 heavy (non-hydrogen) atoms. The lowest BCUT2D eigenvalue weighted by molar-refractivity contribution is 0.101. The van der Waals surface area contributed by atoms with Gasteiger partial charge in [0, 0.05) is 22.3 Å². The van der Waals surface area contributed by atoms with Crippen LogP contribution in [0.25, 0.3) is 11.3 Å². The third kappa shape index (κ3) is 4.21. The number of carbonyl (C=O) groups excluding carboxylic acids is 1. The predicted octanol–water partition coefficient (Wildman–Crippen LogP) is 4.96. The zero-order valence-electron chi connectivity index (χ0n) is 15.5. The van der Waals surface area contributed by atoms with Crippen LogP contribution in [0.4, 0.5) is 5.69 Å². The molecule has 6 nitrogen and oxygen atoms in total. The standard InChI is InChI=1S/C21H19ClN2O4S/c22-15-6-3-5-14(11-15)20-13-19(24-28-20)21(25)23-16-7-4-10-18(12-16)29(26,27)17-8-1-2-9-17/h3-7,10-13,17H,1-2,8-9H2,(H,23,25). The zero-order valence-corrected chi connectivity index (χ0v) is 17.0. The van der Waals surface area contributed by atoms with Crippen LogP contribution in [-0.4, -0.2) is 24.7 Å². The minimum absolute atomic E-state index is 0.0871. The number of nitrogens with zero attached hydrogens (tertiary/aromatic N) is 1. The molecule has 1 aliphatic rings. The van der Waals surface area contributed by atoms with Crippen LogP contribution in [0.5, 0.6) is 0 Å². The van der Waals surface area contributed by atoms with Crippen molar-refractivity contribution in [2.24, 2.45) is 0 Å². The molecule has 1 saturated carbocycles. The summed E-state index contributed by atoms with van der Waals surface area (Å²) in [5.41, 5.74) is 1.18. The summed E-state index contributed by atoms with van der Waals surface area (Å²) >= 11 is 5.98. The summed E-state index contributed by atoms with van der Waals surface area (Å²) in [5, 5.41) is 6.69. The predicted molar refractivity (Wildman–Crippen MR) is 111 cm³/mol. The van der Waals surface area contributed by atoms with Gasteiger partial charge < -0.3 is 9.84 Å². The van der Waals surface area contributed by atoms with Crippen LogP contribution >= 0.6 is 11.6 Å². The Morgan fingerprint density at radius 2 is 1.83 bits per heavy atom. The van der Waals surface area contributed by atoms with Gasteiger partial charge in [0.15, 0.2) is 21.3 Å². The normalized spacial score (nSPS) is 14.8. The van der Waals surface area contributed by atoms with E-state index in [0.29, 0.717) is 34.9 Å². The fraction of sp³-hybridized carbons (Fsp3) is 0.238. The van der Waals surface area contributed by atoms with E-state index in [-0.39, 0.29) is 15.8 Å². The largest absolute Gasteiger partial charge is 0.355 e. The van der Waals surface area contributed by atoms with Crippen molar-refractivity contribution in [1.29, 1.82) is 0 Å². The SMILES string of the molecule is O=C(Nc1cccc(S(=O)(=O)C2CCCC2)c1)c1cc(-c2cccc(Cl)c2)on1. The lowest BCUT2D eigenvalue weighted by atomic mass is 10.1. The summed E-state index contributed by atoms with van der Waals surface area (Å²) in [7, 11) is -3.40. The third-order valence-corrected chi connectivity index (χ3v) is 7.51. The first-order valence-electron chi connectivity index (χ1n) is 9.31. The molecule has 1 fully saturated rings. The van der Waals surface area contributed by atoms with Crippen molar-refractivity contribution in [2.45, 2.75) is 35.8 Å². The molecule has 0 spiro atoms. The van der Waals surface area contributed by atoms with E-state index in [1.807, 2.05) is 0 Å². The summed E-state index contributed by atoms with van der Waals surface area (Å²) < 4.78 is 30.8. The Hall–Kier alpha value is -2.64. The Labute approximate surface area is 173 Å². The molecule has 1 amide bonds. The van der Waals surface area contributed by atoms with Crippen molar-refractivity contribution >= 4 is 33.0 Å². The molecule has 0 saturated heterocycles. The van der Waals surface area contributed by atoms with Crippen LogP contribution < -0.4 is 5.32 Å². The van der Waals surface area contributed by atoms with Crippen LogP contribution in [0.2, 0.25) is 5.02 Å². The highest BCUT2D eigenvalue weighted by atomic mass is 35.5. The second-order valence-electron chi connectivity index (χ2n) is 7.02. The topological polar surface area (TPSA) is 89.3 Å². The number of rotatable bonds is 5.